The molecule has 7 nitrogen and oxygen atoms in total. The molecule has 34 heavy (non-hydrogen) atoms. The zero-order valence-electron chi connectivity index (χ0n) is 21.0. The predicted octanol–water partition coefficient (Wildman–Crippen LogP) is 3.53. The number of sulfonamides is 1. The first kappa shape index (κ1) is 27.4. The number of hydrogen-bond acceptors (Lipinski definition) is 4. The van der Waals surface area contributed by atoms with Gasteiger partial charge in [0.15, 0.2) is 0 Å². The summed E-state index contributed by atoms with van der Waals surface area (Å²) in [5.41, 5.74) is 1.88. The molecular weight excluding hydrogens is 450 g/mol. The second kappa shape index (κ2) is 11.5. The molecule has 2 aromatic carbocycles. The summed E-state index contributed by atoms with van der Waals surface area (Å²) in [6.07, 6.45) is 2.04. The first-order chi connectivity index (χ1) is 15.8. The fraction of sp³-hybridized carbons (Fsp3) is 0.462. The Morgan fingerprint density at radius 3 is 2.21 bits per heavy atom. The van der Waals surface area contributed by atoms with Gasteiger partial charge in [0.05, 0.1) is 11.9 Å². The summed E-state index contributed by atoms with van der Waals surface area (Å²) in [6, 6.07) is 16.0. The van der Waals surface area contributed by atoms with E-state index in [-0.39, 0.29) is 12.5 Å². The summed E-state index contributed by atoms with van der Waals surface area (Å²) in [4.78, 5) is 28.2. The molecule has 0 fully saturated rings. The molecule has 0 aliphatic rings. The van der Waals surface area contributed by atoms with Gasteiger partial charge in [-0.05, 0) is 63.8 Å². The molecule has 0 bridgehead atoms. The van der Waals surface area contributed by atoms with Gasteiger partial charge in [0.1, 0.15) is 12.6 Å². The first-order valence-electron chi connectivity index (χ1n) is 11.5. The molecule has 2 amide bonds. The van der Waals surface area contributed by atoms with Crippen LogP contribution < -0.4 is 9.62 Å². The Hall–Kier alpha value is -2.87. The molecule has 2 aromatic rings. The van der Waals surface area contributed by atoms with E-state index in [9.17, 15) is 18.0 Å². The SMILES string of the molecule is CC[C@@H](C(=O)NC(C)(C)C)N(CCc1ccccc1)C(=O)CN(c1cccc(C)c1)S(C)(=O)=O. The Balaban J connectivity index is 2.38. The third kappa shape index (κ3) is 8.17. The number of hydrogen-bond donors (Lipinski definition) is 1. The summed E-state index contributed by atoms with van der Waals surface area (Å²) in [5.74, 6) is -0.670. The van der Waals surface area contributed by atoms with Gasteiger partial charge in [-0.3, -0.25) is 13.9 Å². The molecule has 0 radical (unpaired) electrons. The van der Waals surface area contributed by atoms with Crippen molar-refractivity contribution in [2.24, 2.45) is 0 Å². The lowest BCUT2D eigenvalue weighted by atomic mass is 10.1. The molecular formula is C26H37N3O4S. The van der Waals surface area contributed by atoms with Crippen molar-refractivity contribution in [2.75, 3.05) is 23.7 Å². The largest absolute Gasteiger partial charge is 0.350 e. The number of carbonyl (C=O) groups excluding carboxylic acids is 2. The van der Waals surface area contributed by atoms with Gasteiger partial charge in [0, 0.05) is 12.1 Å². The highest BCUT2D eigenvalue weighted by Gasteiger charge is 2.32. The quantitative estimate of drug-likeness (QED) is 0.556. The van der Waals surface area contributed by atoms with Crippen LogP contribution in [-0.4, -0.2) is 56.1 Å². The summed E-state index contributed by atoms with van der Waals surface area (Å²) in [6.45, 7) is 9.29. The molecule has 0 aliphatic heterocycles. The van der Waals surface area contributed by atoms with E-state index in [0.29, 0.717) is 25.1 Å². The third-order valence-corrected chi connectivity index (χ3v) is 6.48. The molecule has 0 aliphatic carbocycles. The molecule has 0 heterocycles. The predicted molar refractivity (Wildman–Crippen MR) is 137 cm³/mol. The first-order valence-corrected chi connectivity index (χ1v) is 13.4. The van der Waals surface area contributed by atoms with Crippen molar-refractivity contribution in [1.82, 2.24) is 10.2 Å². The second-order valence-corrected chi connectivity index (χ2v) is 11.5. The van der Waals surface area contributed by atoms with E-state index < -0.39 is 27.5 Å². The molecule has 0 spiro atoms. The third-order valence-electron chi connectivity index (χ3n) is 5.34. The van der Waals surface area contributed by atoms with Crippen LogP contribution in [0.4, 0.5) is 5.69 Å². The minimum atomic E-state index is -3.73. The van der Waals surface area contributed by atoms with Gasteiger partial charge in [-0.25, -0.2) is 8.42 Å². The van der Waals surface area contributed by atoms with E-state index in [0.717, 1.165) is 21.7 Å². The second-order valence-electron chi connectivity index (χ2n) is 9.59. The van der Waals surface area contributed by atoms with Crippen molar-refractivity contribution in [1.29, 1.82) is 0 Å². The number of anilines is 1. The monoisotopic (exact) mass is 487 g/mol. The van der Waals surface area contributed by atoms with Crippen LogP contribution in [0.1, 0.15) is 45.2 Å². The normalized spacial score (nSPS) is 12.6. The van der Waals surface area contributed by atoms with E-state index in [1.165, 1.54) is 4.90 Å². The van der Waals surface area contributed by atoms with Crippen LogP contribution in [0.3, 0.4) is 0 Å². The Labute approximate surface area is 204 Å². The van der Waals surface area contributed by atoms with Crippen molar-refractivity contribution >= 4 is 27.5 Å². The van der Waals surface area contributed by atoms with Crippen molar-refractivity contribution in [2.45, 2.75) is 59.0 Å². The summed E-state index contributed by atoms with van der Waals surface area (Å²) in [5, 5.41) is 2.96. The van der Waals surface area contributed by atoms with E-state index >= 15 is 0 Å². The van der Waals surface area contributed by atoms with Gasteiger partial charge in [-0.1, -0.05) is 49.4 Å². The van der Waals surface area contributed by atoms with Crippen LogP contribution in [0.25, 0.3) is 0 Å². The average Bonchev–Trinajstić information content (AvgIpc) is 2.73. The Morgan fingerprint density at radius 2 is 1.68 bits per heavy atom. The Bertz CT molecular complexity index is 1080. The van der Waals surface area contributed by atoms with Crippen LogP contribution in [-0.2, 0) is 26.0 Å². The minimum Gasteiger partial charge on any atom is -0.350 e. The Morgan fingerprint density at radius 1 is 1.03 bits per heavy atom. The lowest BCUT2D eigenvalue weighted by Crippen LogP contribution is -2.56. The fourth-order valence-corrected chi connectivity index (χ4v) is 4.59. The number of aryl methyl sites for hydroxylation is 1. The Kier molecular flexibility index (Phi) is 9.27. The summed E-state index contributed by atoms with van der Waals surface area (Å²) < 4.78 is 26.3. The van der Waals surface area contributed by atoms with Crippen molar-refractivity contribution in [3.05, 3.63) is 65.7 Å². The van der Waals surface area contributed by atoms with Gasteiger partial charge in [-0.15, -0.1) is 0 Å². The molecule has 0 saturated heterocycles. The topological polar surface area (TPSA) is 86.8 Å². The minimum absolute atomic E-state index is 0.252. The number of nitrogens with one attached hydrogen (secondary N) is 1. The lowest BCUT2D eigenvalue weighted by Gasteiger charge is -2.34. The van der Waals surface area contributed by atoms with Crippen molar-refractivity contribution in [3.8, 4) is 0 Å². The van der Waals surface area contributed by atoms with E-state index in [4.69, 9.17) is 0 Å². The van der Waals surface area contributed by atoms with E-state index in [2.05, 4.69) is 5.32 Å². The van der Waals surface area contributed by atoms with Crippen LogP contribution in [0.5, 0.6) is 0 Å². The lowest BCUT2D eigenvalue weighted by molar-refractivity contribution is -0.140. The molecule has 1 N–H and O–H groups in total. The molecule has 8 heteroatoms. The molecule has 2 rings (SSSR count). The van der Waals surface area contributed by atoms with Gasteiger partial charge in [0.25, 0.3) is 0 Å². The molecule has 186 valence electrons. The van der Waals surface area contributed by atoms with E-state index in [1.807, 2.05) is 71.0 Å². The van der Waals surface area contributed by atoms with Crippen molar-refractivity contribution < 1.29 is 18.0 Å². The standard InChI is InChI=1S/C26H37N3O4S/c1-7-23(25(31)27-26(3,4)5)28(17-16-21-13-9-8-10-14-21)24(30)19-29(34(6,32)33)22-15-11-12-20(2)18-22/h8-15,18,23H,7,16-17,19H2,1-6H3,(H,27,31)/t23-/m0/s1. The van der Waals surface area contributed by atoms with Gasteiger partial charge >= 0.3 is 0 Å². The van der Waals surface area contributed by atoms with E-state index in [1.54, 1.807) is 18.2 Å². The van der Waals surface area contributed by atoms with Gasteiger partial charge in [0.2, 0.25) is 21.8 Å². The zero-order chi connectivity index (χ0) is 25.5. The number of carbonyl (C=O) groups is 2. The summed E-state index contributed by atoms with van der Waals surface area (Å²) >= 11 is 0. The molecule has 0 unspecified atom stereocenters. The maximum atomic E-state index is 13.6. The number of rotatable bonds is 10. The molecule has 1 atom stereocenters. The highest BCUT2D eigenvalue weighted by molar-refractivity contribution is 7.92. The number of amides is 2. The van der Waals surface area contributed by atoms with Crippen LogP contribution in [0.15, 0.2) is 54.6 Å². The van der Waals surface area contributed by atoms with Gasteiger partial charge in [-0.2, -0.15) is 0 Å². The van der Waals surface area contributed by atoms with Gasteiger partial charge < -0.3 is 10.2 Å². The average molecular weight is 488 g/mol. The summed E-state index contributed by atoms with van der Waals surface area (Å²) in [7, 11) is -3.73. The highest BCUT2D eigenvalue weighted by Crippen LogP contribution is 2.20. The highest BCUT2D eigenvalue weighted by atomic mass is 32.2. The number of nitrogens with zero attached hydrogens (tertiary/aromatic N) is 2. The van der Waals surface area contributed by atoms with Crippen LogP contribution in [0, 0.1) is 6.92 Å². The fourth-order valence-electron chi connectivity index (χ4n) is 3.75. The van der Waals surface area contributed by atoms with Crippen molar-refractivity contribution in [3.63, 3.8) is 0 Å². The van der Waals surface area contributed by atoms with Crippen LogP contribution in [0.2, 0.25) is 0 Å². The maximum absolute atomic E-state index is 13.6. The maximum Gasteiger partial charge on any atom is 0.244 e. The zero-order valence-corrected chi connectivity index (χ0v) is 21.9. The molecule has 0 aromatic heterocycles. The smallest absolute Gasteiger partial charge is 0.244 e. The number of benzene rings is 2. The van der Waals surface area contributed by atoms with Crippen LogP contribution >= 0.6 is 0 Å². The molecule has 0 saturated carbocycles.